The lowest BCUT2D eigenvalue weighted by Crippen LogP contribution is -2.25. The Hall–Kier alpha value is -1.11. The average Bonchev–Trinajstić information content (AvgIpc) is 2.53. The largest absolute Gasteiger partial charge is 0.348 e. The quantitative estimate of drug-likeness (QED) is 0.643. The predicted molar refractivity (Wildman–Crippen MR) is 44.4 cm³/mol. The number of carbonyl (C=O) groups excluding carboxylic acids is 1. The van der Waals surface area contributed by atoms with E-state index in [4.69, 9.17) is 0 Å². The van der Waals surface area contributed by atoms with Crippen LogP contribution in [0.5, 0.6) is 0 Å². The molecule has 6 nitrogen and oxygen atoms in total. The third kappa shape index (κ3) is 2.87. The van der Waals surface area contributed by atoms with Crippen LogP contribution in [0.1, 0.15) is 5.82 Å². The molecular weight excluding hydrogens is 178 g/mol. The second-order valence-electron chi connectivity index (χ2n) is 2.04. The number of nitrogens with zero attached hydrogens (tertiary/aromatic N) is 3. The van der Waals surface area contributed by atoms with E-state index >= 15 is 0 Å². The zero-order valence-electron chi connectivity index (χ0n) is 6.57. The number of H-pyrrole nitrogens is 1. The summed E-state index contributed by atoms with van der Waals surface area (Å²) in [6.07, 6.45) is 1.87. The summed E-state index contributed by atoms with van der Waals surface area (Å²) in [6.45, 7) is 0.329. The van der Waals surface area contributed by atoms with Crippen molar-refractivity contribution < 1.29 is 4.79 Å². The molecule has 0 aliphatic rings. The number of tetrazole rings is 1. The molecule has 0 atom stereocenters. The molecular formula is C5H9N5OS. The van der Waals surface area contributed by atoms with Crippen molar-refractivity contribution in [1.29, 1.82) is 0 Å². The topological polar surface area (TPSA) is 83.6 Å². The maximum absolute atomic E-state index is 10.9. The van der Waals surface area contributed by atoms with Gasteiger partial charge in [0.2, 0.25) is 5.91 Å². The highest BCUT2D eigenvalue weighted by Gasteiger charge is 2.01. The zero-order valence-corrected chi connectivity index (χ0v) is 7.39. The molecule has 12 heavy (non-hydrogen) atoms. The van der Waals surface area contributed by atoms with Crippen molar-refractivity contribution >= 4 is 17.7 Å². The first-order valence-electron chi connectivity index (χ1n) is 3.31. The maximum Gasteiger partial charge on any atom is 0.230 e. The van der Waals surface area contributed by atoms with E-state index < -0.39 is 0 Å². The lowest BCUT2D eigenvalue weighted by molar-refractivity contribution is -0.118. The normalized spacial score (nSPS) is 9.75. The van der Waals surface area contributed by atoms with Gasteiger partial charge >= 0.3 is 0 Å². The minimum Gasteiger partial charge on any atom is -0.348 e. The van der Waals surface area contributed by atoms with Gasteiger partial charge in [0.15, 0.2) is 5.82 Å². The molecule has 0 bridgehead atoms. The van der Waals surface area contributed by atoms with E-state index in [1.165, 1.54) is 11.8 Å². The minimum atomic E-state index is -0.0210. The molecule has 1 aromatic rings. The van der Waals surface area contributed by atoms with E-state index in [1.54, 1.807) is 0 Å². The van der Waals surface area contributed by atoms with Gasteiger partial charge in [0.25, 0.3) is 0 Å². The third-order valence-corrected chi connectivity index (χ3v) is 1.66. The van der Waals surface area contributed by atoms with Gasteiger partial charge in [0.05, 0.1) is 12.3 Å². The molecule has 0 fully saturated rings. The average molecular weight is 187 g/mol. The summed E-state index contributed by atoms with van der Waals surface area (Å²) in [7, 11) is 0. The Labute approximate surface area is 73.5 Å². The summed E-state index contributed by atoms with van der Waals surface area (Å²) in [5.41, 5.74) is 0. The molecule has 7 heteroatoms. The van der Waals surface area contributed by atoms with Crippen LogP contribution in [0, 0.1) is 0 Å². The van der Waals surface area contributed by atoms with Crippen molar-refractivity contribution in [3.63, 3.8) is 0 Å². The molecule has 0 aliphatic heterocycles. The highest BCUT2D eigenvalue weighted by molar-refractivity contribution is 7.99. The van der Waals surface area contributed by atoms with Crippen LogP contribution in [0.4, 0.5) is 0 Å². The molecule has 0 saturated carbocycles. The zero-order chi connectivity index (χ0) is 8.81. The molecule has 0 spiro atoms. The lowest BCUT2D eigenvalue weighted by Gasteiger charge is -1.98. The SMILES string of the molecule is CSCC(=O)NCc1nn[nH]n1. The van der Waals surface area contributed by atoms with Gasteiger partial charge in [-0.05, 0) is 6.26 Å². The molecule has 1 amide bonds. The number of nitrogens with one attached hydrogen (secondary N) is 2. The standard InChI is InChI=1S/C5H9N5OS/c1-12-3-5(11)6-2-4-7-9-10-8-4/h2-3H2,1H3,(H,6,11)(H,7,8,9,10). The van der Waals surface area contributed by atoms with E-state index in [0.717, 1.165) is 0 Å². The van der Waals surface area contributed by atoms with Crippen LogP contribution < -0.4 is 5.32 Å². The van der Waals surface area contributed by atoms with E-state index in [9.17, 15) is 4.79 Å². The number of carbonyl (C=O) groups is 1. The molecule has 1 rings (SSSR count). The van der Waals surface area contributed by atoms with Crippen molar-refractivity contribution in [2.45, 2.75) is 6.54 Å². The second kappa shape index (κ2) is 4.70. The van der Waals surface area contributed by atoms with Crippen LogP contribution in [0.3, 0.4) is 0 Å². The van der Waals surface area contributed by atoms with E-state index in [0.29, 0.717) is 18.1 Å². The maximum atomic E-state index is 10.9. The van der Waals surface area contributed by atoms with Crippen molar-refractivity contribution in [2.75, 3.05) is 12.0 Å². The Kier molecular flexibility index (Phi) is 3.52. The summed E-state index contributed by atoms with van der Waals surface area (Å²) in [4.78, 5) is 10.9. The summed E-state index contributed by atoms with van der Waals surface area (Å²) in [5, 5.41) is 15.7. The van der Waals surface area contributed by atoms with Gasteiger partial charge in [-0.15, -0.1) is 10.2 Å². The van der Waals surface area contributed by atoms with Gasteiger partial charge in [0, 0.05) is 0 Å². The highest BCUT2D eigenvalue weighted by atomic mass is 32.2. The van der Waals surface area contributed by atoms with Gasteiger partial charge in [0.1, 0.15) is 0 Å². The van der Waals surface area contributed by atoms with Gasteiger partial charge < -0.3 is 5.32 Å². The monoisotopic (exact) mass is 187 g/mol. The molecule has 66 valence electrons. The van der Waals surface area contributed by atoms with Crippen LogP contribution in [-0.4, -0.2) is 38.5 Å². The Morgan fingerprint density at radius 2 is 2.58 bits per heavy atom. The third-order valence-electron chi connectivity index (χ3n) is 1.11. The molecule has 0 aromatic carbocycles. The van der Waals surface area contributed by atoms with E-state index in [-0.39, 0.29) is 5.91 Å². The fourth-order valence-electron chi connectivity index (χ4n) is 0.617. The molecule has 0 unspecified atom stereocenters. The minimum absolute atomic E-state index is 0.0210. The first-order valence-corrected chi connectivity index (χ1v) is 4.70. The first kappa shape index (κ1) is 8.98. The van der Waals surface area contributed by atoms with Gasteiger partial charge in [-0.2, -0.15) is 17.0 Å². The number of hydrogen-bond donors (Lipinski definition) is 2. The molecule has 2 N–H and O–H groups in total. The highest BCUT2D eigenvalue weighted by Crippen LogP contribution is 1.90. The Morgan fingerprint density at radius 1 is 1.75 bits per heavy atom. The van der Waals surface area contributed by atoms with Gasteiger partial charge in [-0.1, -0.05) is 5.21 Å². The number of rotatable bonds is 4. The van der Waals surface area contributed by atoms with Crippen molar-refractivity contribution in [3.05, 3.63) is 5.82 Å². The summed E-state index contributed by atoms with van der Waals surface area (Å²) in [5.74, 6) is 0.925. The second-order valence-corrected chi connectivity index (χ2v) is 2.90. The Morgan fingerprint density at radius 3 is 3.17 bits per heavy atom. The predicted octanol–water partition coefficient (Wildman–Crippen LogP) is -0.821. The molecule has 1 heterocycles. The van der Waals surface area contributed by atoms with Crippen LogP contribution >= 0.6 is 11.8 Å². The number of hydrogen-bond acceptors (Lipinski definition) is 5. The van der Waals surface area contributed by atoms with E-state index in [2.05, 4.69) is 25.9 Å². The molecule has 1 aromatic heterocycles. The number of amides is 1. The van der Waals surface area contributed by atoms with Gasteiger partial charge in [-0.25, -0.2) is 0 Å². The summed E-state index contributed by atoms with van der Waals surface area (Å²) >= 11 is 1.47. The van der Waals surface area contributed by atoms with Crippen molar-refractivity contribution in [2.24, 2.45) is 0 Å². The number of aromatic nitrogens is 4. The smallest absolute Gasteiger partial charge is 0.230 e. The molecule has 0 radical (unpaired) electrons. The summed E-state index contributed by atoms with van der Waals surface area (Å²) in [6, 6.07) is 0. The molecule has 0 saturated heterocycles. The molecule has 0 aliphatic carbocycles. The van der Waals surface area contributed by atoms with Crippen molar-refractivity contribution in [3.8, 4) is 0 Å². The van der Waals surface area contributed by atoms with Gasteiger partial charge in [-0.3, -0.25) is 4.79 Å². The first-order chi connectivity index (χ1) is 5.83. The summed E-state index contributed by atoms with van der Waals surface area (Å²) < 4.78 is 0. The van der Waals surface area contributed by atoms with Crippen LogP contribution in [-0.2, 0) is 11.3 Å². The lowest BCUT2D eigenvalue weighted by atomic mass is 10.6. The van der Waals surface area contributed by atoms with Crippen molar-refractivity contribution in [1.82, 2.24) is 25.9 Å². The fourth-order valence-corrected chi connectivity index (χ4v) is 0.981. The van der Waals surface area contributed by atoms with E-state index in [1.807, 2.05) is 6.26 Å². The van der Waals surface area contributed by atoms with Crippen LogP contribution in [0.15, 0.2) is 0 Å². The Bertz CT molecular complexity index is 236. The van der Waals surface area contributed by atoms with Crippen LogP contribution in [0.2, 0.25) is 0 Å². The fraction of sp³-hybridized carbons (Fsp3) is 0.600. The number of thioether (sulfide) groups is 1. The number of aromatic amines is 1. The Balaban J connectivity index is 2.22. The van der Waals surface area contributed by atoms with Crippen LogP contribution in [0.25, 0.3) is 0 Å².